The highest BCUT2D eigenvalue weighted by molar-refractivity contribution is 5.91. The third-order valence-corrected chi connectivity index (χ3v) is 5.93. The van der Waals surface area contributed by atoms with Gasteiger partial charge in [-0.05, 0) is 54.1 Å². The van der Waals surface area contributed by atoms with Crippen LogP contribution in [0, 0.1) is 0 Å². The summed E-state index contributed by atoms with van der Waals surface area (Å²) in [6, 6.07) is 14.5. The second kappa shape index (κ2) is 9.88. The van der Waals surface area contributed by atoms with Crippen molar-refractivity contribution in [2.75, 3.05) is 13.1 Å². The summed E-state index contributed by atoms with van der Waals surface area (Å²) in [6.07, 6.45) is 5.60. The number of aromatic nitrogens is 2. The van der Waals surface area contributed by atoms with Crippen LogP contribution in [0.25, 0.3) is 0 Å². The van der Waals surface area contributed by atoms with Crippen LogP contribution >= 0.6 is 0 Å². The van der Waals surface area contributed by atoms with Crippen molar-refractivity contribution in [3.8, 4) is 0 Å². The van der Waals surface area contributed by atoms with E-state index in [-0.39, 0.29) is 17.6 Å². The first kappa shape index (κ1) is 21.2. The number of nitrogens with zero attached hydrogens (tertiary/aromatic N) is 3. The summed E-state index contributed by atoms with van der Waals surface area (Å²) < 4.78 is 5.36. The lowest BCUT2D eigenvalue weighted by Crippen LogP contribution is -2.34. The quantitative estimate of drug-likeness (QED) is 0.612. The molecule has 1 N–H and O–H groups in total. The second-order valence-corrected chi connectivity index (χ2v) is 8.62. The monoisotopic (exact) mass is 418 g/mol. The number of carbonyl (C=O) groups excluding carboxylic acids is 1. The molecule has 162 valence electrons. The Labute approximate surface area is 183 Å². The molecule has 6 heteroatoms. The van der Waals surface area contributed by atoms with Crippen molar-refractivity contribution >= 4 is 5.91 Å². The van der Waals surface area contributed by atoms with E-state index in [0.717, 1.165) is 43.7 Å². The van der Waals surface area contributed by atoms with E-state index in [0.29, 0.717) is 12.5 Å². The molecule has 1 amide bonds. The number of amides is 1. The summed E-state index contributed by atoms with van der Waals surface area (Å²) >= 11 is 0. The van der Waals surface area contributed by atoms with E-state index in [2.05, 4.69) is 58.5 Å². The molecule has 0 spiro atoms. The molecule has 4 rings (SSSR count). The van der Waals surface area contributed by atoms with Gasteiger partial charge in [0.15, 0.2) is 0 Å². The Balaban J connectivity index is 1.33. The predicted molar refractivity (Wildman–Crippen MR) is 120 cm³/mol. The molecule has 3 aromatic rings. The number of hydrogen-bond acceptors (Lipinski definition) is 5. The molecular formula is C25H30N4O2. The average molecular weight is 419 g/mol. The lowest BCUT2D eigenvalue weighted by molar-refractivity contribution is 0.0913. The fourth-order valence-corrected chi connectivity index (χ4v) is 4.07. The van der Waals surface area contributed by atoms with Crippen molar-refractivity contribution in [1.29, 1.82) is 0 Å². The van der Waals surface area contributed by atoms with Crippen LogP contribution in [0.1, 0.15) is 71.5 Å². The Morgan fingerprint density at radius 3 is 2.68 bits per heavy atom. The summed E-state index contributed by atoms with van der Waals surface area (Å²) in [5, 5.41) is 7.09. The van der Waals surface area contributed by atoms with E-state index in [9.17, 15) is 4.79 Å². The smallest absolute Gasteiger partial charge is 0.290 e. The molecule has 3 heterocycles. The fraction of sp³-hybridized carbons (Fsp3) is 0.400. The molecule has 1 fully saturated rings. The molecule has 6 nitrogen and oxygen atoms in total. The van der Waals surface area contributed by atoms with Gasteiger partial charge >= 0.3 is 0 Å². The highest BCUT2D eigenvalue weighted by Gasteiger charge is 2.25. The van der Waals surface area contributed by atoms with Crippen LogP contribution in [0.2, 0.25) is 0 Å². The van der Waals surface area contributed by atoms with Crippen molar-refractivity contribution < 1.29 is 9.32 Å². The highest BCUT2D eigenvalue weighted by Crippen LogP contribution is 2.28. The van der Waals surface area contributed by atoms with Gasteiger partial charge < -0.3 is 9.84 Å². The molecule has 2 aromatic heterocycles. The van der Waals surface area contributed by atoms with E-state index >= 15 is 0 Å². The number of pyridine rings is 1. The van der Waals surface area contributed by atoms with Crippen molar-refractivity contribution in [1.82, 2.24) is 20.4 Å². The van der Waals surface area contributed by atoms with Gasteiger partial charge in [-0.3, -0.25) is 14.7 Å². The summed E-state index contributed by atoms with van der Waals surface area (Å²) in [4.78, 5) is 18.9. The Morgan fingerprint density at radius 1 is 1.16 bits per heavy atom. The molecule has 0 aliphatic carbocycles. The average Bonchev–Trinajstić information content (AvgIpc) is 3.29. The lowest BCUT2D eigenvalue weighted by atomic mass is 9.94. The maximum Gasteiger partial charge on any atom is 0.290 e. The van der Waals surface area contributed by atoms with Crippen molar-refractivity contribution in [2.24, 2.45) is 0 Å². The summed E-state index contributed by atoms with van der Waals surface area (Å²) in [5.41, 5.74) is 4.57. The van der Waals surface area contributed by atoms with Crippen molar-refractivity contribution in [2.45, 2.75) is 51.6 Å². The minimum atomic E-state index is -0.242. The Hall–Kier alpha value is -2.99. The van der Waals surface area contributed by atoms with Crippen LogP contribution in [0.3, 0.4) is 0 Å². The summed E-state index contributed by atoms with van der Waals surface area (Å²) in [6.45, 7) is 7.82. The van der Waals surface area contributed by atoms with Crippen molar-refractivity contribution in [3.63, 3.8) is 0 Å². The molecule has 1 saturated heterocycles. The van der Waals surface area contributed by atoms with Gasteiger partial charge in [0.1, 0.15) is 0 Å². The van der Waals surface area contributed by atoms with E-state index in [1.807, 2.05) is 12.1 Å². The first-order valence-electron chi connectivity index (χ1n) is 11.0. The first-order chi connectivity index (χ1) is 15.1. The van der Waals surface area contributed by atoms with E-state index in [4.69, 9.17) is 4.52 Å². The van der Waals surface area contributed by atoms with Crippen LogP contribution in [0.4, 0.5) is 0 Å². The zero-order valence-electron chi connectivity index (χ0n) is 18.3. The maximum absolute atomic E-state index is 12.4. The van der Waals surface area contributed by atoms with E-state index in [1.165, 1.54) is 11.1 Å². The molecule has 0 bridgehead atoms. The zero-order chi connectivity index (χ0) is 21.6. The number of benzene rings is 1. The predicted octanol–water partition coefficient (Wildman–Crippen LogP) is 4.50. The molecule has 0 saturated carbocycles. The number of nitrogens with one attached hydrogen (secondary N) is 1. The van der Waals surface area contributed by atoms with Crippen molar-refractivity contribution in [3.05, 3.63) is 83.0 Å². The molecule has 1 aliphatic rings. The zero-order valence-corrected chi connectivity index (χ0v) is 18.3. The summed E-state index contributed by atoms with van der Waals surface area (Å²) in [7, 11) is 0. The number of piperidine rings is 1. The normalized spacial score (nSPS) is 17.1. The van der Waals surface area contributed by atoms with Gasteiger partial charge in [0.05, 0.1) is 5.69 Å². The maximum atomic E-state index is 12.4. The minimum absolute atomic E-state index is 0.242. The van der Waals surface area contributed by atoms with E-state index in [1.54, 1.807) is 18.5 Å². The summed E-state index contributed by atoms with van der Waals surface area (Å²) in [5.74, 6) is 0.866. The molecule has 0 radical (unpaired) electrons. The third-order valence-electron chi connectivity index (χ3n) is 5.93. The fourth-order valence-electron chi connectivity index (χ4n) is 4.07. The van der Waals surface area contributed by atoms with Crippen LogP contribution in [-0.4, -0.2) is 34.0 Å². The molecule has 1 aliphatic heterocycles. The van der Waals surface area contributed by atoms with Gasteiger partial charge in [-0.1, -0.05) is 43.3 Å². The van der Waals surface area contributed by atoms with Crippen LogP contribution < -0.4 is 5.32 Å². The Bertz CT molecular complexity index is 982. The van der Waals surface area contributed by atoms with Gasteiger partial charge in [-0.25, -0.2) is 0 Å². The second-order valence-electron chi connectivity index (χ2n) is 8.62. The molecule has 1 atom stereocenters. The number of likely N-dealkylation sites (tertiary alicyclic amines) is 1. The molecule has 1 aromatic carbocycles. The third kappa shape index (κ3) is 5.58. The Kier molecular flexibility index (Phi) is 6.77. The number of rotatable bonds is 7. The Morgan fingerprint density at radius 2 is 1.94 bits per heavy atom. The largest absolute Gasteiger partial charge is 0.351 e. The number of carbonyl (C=O) groups is 1. The van der Waals surface area contributed by atoms with Gasteiger partial charge in [0.2, 0.25) is 5.76 Å². The van der Waals surface area contributed by atoms with Gasteiger partial charge in [0, 0.05) is 44.0 Å². The van der Waals surface area contributed by atoms with Gasteiger partial charge in [0.25, 0.3) is 5.91 Å². The first-order valence-corrected chi connectivity index (χ1v) is 11.0. The topological polar surface area (TPSA) is 71.3 Å². The SMILES string of the molecule is CC(C)c1ccc(CN2CCC[C@@H](c3cc(C(=O)NCc4ccncc4)on3)C2)cc1. The van der Waals surface area contributed by atoms with Crippen LogP contribution in [0.5, 0.6) is 0 Å². The van der Waals surface area contributed by atoms with Crippen LogP contribution in [0.15, 0.2) is 59.4 Å². The van der Waals surface area contributed by atoms with Gasteiger partial charge in [-0.15, -0.1) is 0 Å². The highest BCUT2D eigenvalue weighted by atomic mass is 16.5. The van der Waals surface area contributed by atoms with Gasteiger partial charge in [-0.2, -0.15) is 0 Å². The minimum Gasteiger partial charge on any atom is -0.351 e. The lowest BCUT2D eigenvalue weighted by Gasteiger charge is -2.31. The standard InChI is InChI=1S/C25H30N4O2/c1-18(2)21-7-5-20(6-8-21)16-29-13-3-4-22(17-29)23-14-24(31-28-23)25(30)27-15-19-9-11-26-12-10-19/h5-12,14,18,22H,3-4,13,15-17H2,1-2H3,(H,27,30)/t22-/m1/s1. The molecule has 31 heavy (non-hydrogen) atoms. The van der Waals surface area contributed by atoms with Crippen LogP contribution in [-0.2, 0) is 13.1 Å². The van der Waals surface area contributed by atoms with E-state index < -0.39 is 0 Å². The number of hydrogen-bond donors (Lipinski definition) is 1. The molecule has 0 unspecified atom stereocenters. The molecular weight excluding hydrogens is 388 g/mol.